The number of hydrogen-bond donors (Lipinski definition) is 1. The van der Waals surface area contributed by atoms with Gasteiger partial charge in [0.25, 0.3) is 5.91 Å². The zero-order chi connectivity index (χ0) is 19.6. The number of methoxy groups -OCH3 is 1. The number of nitrogens with one attached hydrogen (secondary N) is 1. The molecule has 2 aromatic heterocycles. The van der Waals surface area contributed by atoms with Gasteiger partial charge in [0.1, 0.15) is 10.7 Å². The molecule has 0 bridgehead atoms. The van der Waals surface area contributed by atoms with Crippen molar-refractivity contribution in [1.82, 2.24) is 4.98 Å². The first-order valence-electron chi connectivity index (χ1n) is 8.18. The second-order valence-electron chi connectivity index (χ2n) is 6.14. The molecular formula is C17H19N4O5S+. The normalized spacial score (nSPS) is 11.1. The van der Waals surface area contributed by atoms with Gasteiger partial charge in [-0.1, -0.05) is 11.3 Å². The van der Waals surface area contributed by atoms with Crippen LogP contribution in [0.3, 0.4) is 0 Å². The Hall–Kier alpha value is -2.98. The number of quaternary nitrogens is 1. The molecule has 1 N–H and O–H groups in total. The molecule has 2 heterocycles. The van der Waals surface area contributed by atoms with Gasteiger partial charge in [0.2, 0.25) is 0 Å². The number of fused-ring (bicyclic) bond motifs is 1. The number of benzene rings is 1. The molecule has 0 saturated heterocycles. The minimum absolute atomic E-state index is 0.0905. The zero-order valence-electron chi connectivity index (χ0n) is 15.1. The van der Waals surface area contributed by atoms with Gasteiger partial charge in [0.05, 0.1) is 50.6 Å². The van der Waals surface area contributed by atoms with Crippen molar-refractivity contribution in [2.75, 3.05) is 39.2 Å². The molecule has 0 fully saturated rings. The molecule has 10 heteroatoms. The fourth-order valence-corrected chi connectivity index (χ4v) is 3.40. The molecule has 0 aliphatic rings. The summed E-state index contributed by atoms with van der Waals surface area (Å²) in [5.41, 5.74) is 0.717. The van der Waals surface area contributed by atoms with Crippen LogP contribution in [0.4, 0.5) is 11.0 Å². The standard InChI is InChI=1S/C17H18N4O5S/c1-19(2)8-9-20(16(22)13-5-7-15(26-13)21(23)24)17-18-12-10-11(25-3)4-6-14(12)27-17/h4-7,10H,8-9H2,1-3H3/p+1. The SMILES string of the molecule is COc1ccc2sc(N(CC[NH+](C)C)C(=O)c3ccc([N+](=O)[O-])o3)nc2c1. The number of carbonyl (C=O) groups is 1. The maximum Gasteiger partial charge on any atom is 0.433 e. The van der Waals surface area contributed by atoms with Crippen molar-refractivity contribution in [3.8, 4) is 5.75 Å². The van der Waals surface area contributed by atoms with Gasteiger partial charge in [-0.15, -0.1) is 0 Å². The monoisotopic (exact) mass is 391 g/mol. The molecule has 0 aliphatic carbocycles. The van der Waals surface area contributed by atoms with E-state index in [0.717, 1.165) is 15.1 Å². The summed E-state index contributed by atoms with van der Waals surface area (Å²) in [4.78, 5) is 30.3. The molecule has 0 atom stereocenters. The largest absolute Gasteiger partial charge is 0.497 e. The Morgan fingerprint density at radius 2 is 2.15 bits per heavy atom. The van der Waals surface area contributed by atoms with E-state index in [4.69, 9.17) is 9.15 Å². The number of ether oxygens (including phenoxy) is 1. The molecule has 1 aromatic carbocycles. The van der Waals surface area contributed by atoms with Gasteiger partial charge in [-0.3, -0.25) is 19.8 Å². The van der Waals surface area contributed by atoms with Crippen LogP contribution in [0.25, 0.3) is 10.2 Å². The first kappa shape index (κ1) is 18.8. The summed E-state index contributed by atoms with van der Waals surface area (Å²) in [5.74, 6) is -0.343. The Morgan fingerprint density at radius 3 is 2.78 bits per heavy atom. The molecular weight excluding hydrogens is 372 g/mol. The van der Waals surface area contributed by atoms with E-state index in [-0.39, 0.29) is 5.76 Å². The van der Waals surface area contributed by atoms with Crippen molar-refractivity contribution in [1.29, 1.82) is 0 Å². The maximum atomic E-state index is 12.9. The summed E-state index contributed by atoms with van der Waals surface area (Å²) in [7, 11) is 5.53. The summed E-state index contributed by atoms with van der Waals surface area (Å²) in [6.45, 7) is 1.07. The van der Waals surface area contributed by atoms with Crippen molar-refractivity contribution >= 4 is 38.5 Å². The van der Waals surface area contributed by atoms with E-state index < -0.39 is 16.7 Å². The molecule has 0 unspecified atom stereocenters. The van der Waals surface area contributed by atoms with Crippen LogP contribution in [-0.2, 0) is 0 Å². The van der Waals surface area contributed by atoms with Gasteiger partial charge in [0.15, 0.2) is 10.9 Å². The third kappa shape index (κ3) is 4.07. The molecule has 0 saturated carbocycles. The number of rotatable bonds is 7. The fraction of sp³-hybridized carbons (Fsp3) is 0.294. The molecule has 0 spiro atoms. The number of thiazole rings is 1. The minimum Gasteiger partial charge on any atom is -0.497 e. The molecule has 0 radical (unpaired) electrons. The minimum atomic E-state index is -0.672. The Kier molecular flexibility index (Phi) is 5.38. The van der Waals surface area contributed by atoms with Crippen LogP contribution >= 0.6 is 11.3 Å². The lowest BCUT2D eigenvalue weighted by molar-refractivity contribution is -0.856. The molecule has 0 aliphatic heterocycles. The Morgan fingerprint density at radius 1 is 1.37 bits per heavy atom. The summed E-state index contributed by atoms with van der Waals surface area (Å²) < 4.78 is 11.2. The van der Waals surface area contributed by atoms with Crippen molar-refractivity contribution in [2.24, 2.45) is 0 Å². The lowest BCUT2D eigenvalue weighted by Gasteiger charge is -2.19. The second-order valence-corrected chi connectivity index (χ2v) is 7.15. The van der Waals surface area contributed by atoms with Crippen LogP contribution in [0.5, 0.6) is 5.75 Å². The zero-order valence-corrected chi connectivity index (χ0v) is 15.9. The third-order valence-electron chi connectivity index (χ3n) is 3.88. The Labute approximate surface area is 158 Å². The highest BCUT2D eigenvalue weighted by Crippen LogP contribution is 2.32. The number of nitro groups is 1. The first-order valence-corrected chi connectivity index (χ1v) is 9.00. The van der Waals surface area contributed by atoms with E-state index in [1.807, 2.05) is 26.2 Å². The van der Waals surface area contributed by atoms with Gasteiger partial charge in [-0.2, -0.15) is 0 Å². The smallest absolute Gasteiger partial charge is 0.433 e. The number of aromatic nitrogens is 1. The summed E-state index contributed by atoms with van der Waals surface area (Å²) in [6.07, 6.45) is 0. The number of likely N-dealkylation sites (N-methyl/N-ethyl adjacent to an activating group) is 1. The molecule has 3 rings (SSSR count). The van der Waals surface area contributed by atoms with Crippen LogP contribution in [0.1, 0.15) is 10.6 Å². The Balaban J connectivity index is 1.96. The number of amides is 1. The number of hydrogen-bond acceptors (Lipinski definition) is 7. The van der Waals surface area contributed by atoms with Gasteiger partial charge in [-0.25, -0.2) is 4.98 Å². The highest BCUT2D eigenvalue weighted by atomic mass is 32.1. The van der Waals surface area contributed by atoms with E-state index in [1.165, 1.54) is 28.4 Å². The lowest BCUT2D eigenvalue weighted by Crippen LogP contribution is -3.06. The highest BCUT2D eigenvalue weighted by Gasteiger charge is 2.26. The quantitative estimate of drug-likeness (QED) is 0.485. The van der Waals surface area contributed by atoms with Crippen LogP contribution in [-0.4, -0.2) is 50.1 Å². The molecule has 9 nitrogen and oxygen atoms in total. The van der Waals surface area contributed by atoms with E-state index in [2.05, 4.69) is 4.98 Å². The molecule has 27 heavy (non-hydrogen) atoms. The van der Waals surface area contributed by atoms with Crippen molar-refractivity contribution in [3.63, 3.8) is 0 Å². The predicted octanol–water partition coefficient (Wildman–Crippen LogP) is 1.60. The molecule has 3 aromatic rings. The average molecular weight is 391 g/mol. The van der Waals surface area contributed by atoms with E-state index in [9.17, 15) is 14.9 Å². The van der Waals surface area contributed by atoms with Crippen LogP contribution in [0.2, 0.25) is 0 Å². The fourth-order valence-electron chi connectivity index (χ4n) is 2.43. The highest BCUT2D eigenvalue weighted by molar-refractivity contribution is 7.22. The van der Waals surface area contributed by atoms with E-state index in [0.29, 0.717) is 24.0 Å². The van der Waals surface area contributed by atoms with E-state index >= 15 is 0 Å². The number of anilines is 1. The molecule has 1 amide bonds. The summed E-state index contributed by atoms with van der Waals surface area (Å²) >= 11 is 1.37. The van der Waals surface area contributed by atoms with Crippen LogP contribution < -0.4 is 14.5 Å². The third-order valence-corrected chi connectivity index (χ3v) is 4.94. The van der Waals surface area contributed by atoms with Crippen molar-refractivity contribution in [2.45, 2.75) is 0 Å². The lowest BCUT2D eigenvalue weighted by atomic mass is 10.3. The second kappa shape index (κ2) is 7.72. The topological polar surface area (TPSA) is 103 Å². The van der Waals surface area contributed by atoms with Gasteiger partial charge in [0, 0.05) is 6.07 Å². The number of nitrogens with zero attached hydrogens (tertiary/aromatic N) is 3. The number of carbonyl (C=O) groups excluding carboxylic acids is 1. The average Bonchev–Trinajstić information content (AvgIpc) is 3.27. The number of furan rings is 1. The summed E-state index contributed by atoms with van der Waals surface area (Å²) in [5, 5.41) is 11.3. The Bertz CT molecular complexity index is 981. The van der Waals surface area contributed by atoms with Crippen molar-refractivity contribution < 1.29 is 23.8 Å². The van der Waals surface area contributed by atoms with E-state index in [1.54, 1.807) is 13.2 Å². The predicted molar refractivity (Wildman–Crippen MR) is 101 cm³/mol. The van der Waals surface area contributed by atoms with Gasteiger partial charge < -0.3 is 14.1 Å². The molecule has 142 valence electrons. The van der Waals surface area contributed by atoms with Gasteiger partial charge >= 0.3 is 5.88 Å². The summed E-state index contributed by atoms with van der Waals surface area (Å²) in [6, 6.07) is 7.99. The van der Waals surface area contributed by atoms with Crippen LogP contribution in [0.15, 0.2) is 34.7 Å². The van der Waals surface area contributed by atoms with Crippen LogP contribution in [0, 0.1) is 10.1 Å². The first-order chi connectivity index (χ1) is 12.9. The van der Waals surface area contributed by atoms with Gasteiger partial charge in [-0.05, 0) is 18.2 Å². The maximum absolute atomic E-state index is 12.9. The van der Waals surface area contributed by atoms with Crippen molar-refractivity contribution in [3.05, 3.63) is 46.2 Å².